The number of allylic oxidation sites excluding steroid dienone is 1. The predicted molar refractivity (Wildman–Crippen MR) is 110 cm³/mol. The molecule has 26 heavy (non-hydrogen) atoms. The van der Waals surface area contributed by atoms with Gasteiger partial charge in [-0.2, -0.15) is 0 Å². The Balaban J connectivity index is 2.12. The number of unbranched alkanes of at least 4 members (excludes halogenated alkanes) is 1. The van der Waals surface area contributed by atoms with Crippen LogP contribution in [0.2, 0.25) is 0 Å². The lowest BCUT2D eigenvalue weighted by atomic mass is 10.00. The van der Waals surface area contributed by atoms with Crippen molar-refractivity contribution in [3.63, 3.8) is 0 Å². The van der Waals surface area contributed by atoms with Crippen molar-refractivity contribution in [1.82, 2.24) is 0 Å². The fourth-order valence-electron chi connectivity index (χ4n) is 2.41. The maximum absolute atomic E-state index is 11.8. The average Bonchev–Trinajstić information content (AvgIpc) is 2.64. The van der Waals surface area contributed by atoms with Gasteiger partial charge < -0.3 is 9.47 Å². The molecule has 0 aromatic heterocycles. The second kappa shape index (κ2) is 11.0. The third-order valence-electron chi connectivity index (χ3n) is 3.68. The Kier molecular flexibility index (Phi) is 8.72. The van der Waals surface area contributed by atoms with Crippen LogP contribution in [0.3, 0.4) is 0 Å². The molecule has 0 bridgehead atoms. The Morgan fingerprint density at radius 3 is 2.23 bits per heavy atom. The van der Waals surface area contributed by atoms with Crippen molar-refractivity contribution in [2.24, 2.45) is 0 Å². The van der Waals surface area contributed by atoms with E-state index in [1.54, 1.807) is 13.0 Å². The highest BCUT2D eigenvalue weighted by Gasteiger charge is 2.07. The van der Waals surface area contributed by atoms with Crippen LogP contribution in [-0.2, 0) is 9.53 Å². The Morgan fingerprint density at radius 2 is 1.65 bits per heavy atom. The quantitative estimate of drug-likeness (QED) is 0.192. The summed E-state index contributed by atoms with van der Waals surface area (Å²) in [5.41, 5.74) is 1.93. The summed E-state index contributed by atoms with van der Waals surface area (Å²) in [6.45, 7) is 2.16. The standard InChI is InChI=1S/C21H22BrClO3/c1-2-25-21(24)15-17(5-3-4-14-23)16-6-10-19(11-7-16)26-20-12-8-18(22)9-13-20/h6-13,15H,2-5,14H2,1H3. The molecule has 2 aromatic carbocycles. The molecule has 0 aliphatic heterocycles. The molecule has 0 radical (unpaired) electrons. The average molecular weight is 438 g/mol. The normalized spacial score (nSPS) is 11.3. The largest absolute Gasteiger partial charge is 0.463 e. The highest BCUT2D eigenvalue weighted by Crippen LogP contribution is 2.27. The van der Waals surface area contributed by atoms with Crippen LogP contribution in [-0.4, -0.2) is 18.5 Å². The van der Waals surface area contributed by atoms with E-state index in [2.05, 4.69) is 15.9 Å². The van der Waals surface area contributed by atoms with Gasteiger partial charge in [0.1, 0.15) is 11.5 Å². The predicted octanol–water partition coefficient (Wildman–Crippen LogP) is 6.60. The summed E-state index contributed by atoms with van der Waals surface area (Å²) in [6, 6.07) is 15.4. The minimum Gasteiger partial charge on any atom is -0.463 e. The molecule has 0 N–H and O–H groups in total. The van der Waals surface area contributed by atoms with Gasteiger partial charge in [-0.05, 0) is 73.7 Å². The smallest absolute Gasteiger partial charge is 0.331 e. The second-order valence-electron chi connectivity index (χ2n) is 5.65. The maximum Gasteiger partial charge on any atom is 0.331 e. The van der Waals surface area contributed by atoms with Gasteiger partial charge in [-0.15, -0.1) is 11.6 Å². The summed E-state index contributed by atoms with van der Waals surface area (Å²) in [7, 11) is 0. The van der Waals surface area contributed by atoms with Gasteiger partial charge in [0.05, 0.1) is 6.61 Å². The van der Waals surface area contributed by atoms with Crippen LogP contribution in [0, 0.1) is 0 Å². The Bertz CT molecular complexity index is 724. The molecule has 2 aromatic rings. The zero-order chi connectivity index (χ0) is 18.8. The summed E-state index contributed by atoms with van der Waals surface area (Å²) in [5, 5.41) is 0. The van der Waals surface area contributed by atoms with E-state index in [0.717, 1.165) is 46.4 Å². The molecule has 0 spiro atoms. The minimum absolute atomic E-state index is 0.316. The van der Waals surface area contributed by atoms with Gasteiger partial charge in [-0.25, -0.2) is 4.79 Å². The van der Waals surface area contributed by atoms with Gasteiger partial charge in [0.25, 0.3) is 0 Å². The van der Waals surface area contributed by atoms with Crippen LogP contribution in [0.5, 0.6) is 11.5 Å². The molecule has 0 aliphatic carbocycles. The lowest BCUT2D eigenvalue weighted by Crippen LogP contribution is -2.01. The summed E-state index contributed by atoms with van der Waals surface area (Å²) in [4.78, 5) is 11.8. The van der Waals surface area contributed by atoms with E-state index in [1.807, 2.05) is 48.5 Å². The van der Waals surface area contributed by atoms with Crippen LogP contribution in [0.25, 0.3) is 5.57 Å². The number of benzene rings is 2. The number of halogens is 2. The van der Waals surface area contributed by atoms with Crippen LogP contribution < -0.4 is 4.74 Å². The number of hydrogen-bond acceptors (Lipinski definition) is 3. The highest BCUT2D eigenvalue weighted by atomic mass is 79.9. The van der Waals surface area contributed by atoms with E-state index in [-0.39, 0.29) is 5.97 Å². The van der Waals surface area contributed by atoms with Crippen molar-refractivity contribution >= 4 is 39.1 Å². The van der Waals surface area contributed by atoms with Crippen LogP contribution in [0.1, 0.15) is 31.7 Å². The topological polar surface area (TPSA) is 35.5 Å². The Morgan fingerprint density at radius 1 is 1.04 bits per heavy atom. The van der Waals surface area contributed by atoms with Crippen molar-refractivity contribution in [3.05, 3.63) is 64.6 Å². The van der Waals surface area contributed by atoms with Gasteiger partial charge in [-0.3, -0.25) is 0 Å². The number of carbonyl (C=O) groups is 1. The molecule has 0 unspecified atom stereocenters. The van der Waals surface area contributed by atoms with Crippen molar-refractivity contribution < 1.29 is 14.3 Å². The number of carbonyl (C=O) groups excluding carboxylic acids is 1. The van der Waals surface area contributed by atoms with E-state index >= 15 is 0 Å². The number of ether oxygens (including phenoxy) is 2. The number of alkyl halides is 1. The lowest BCUT2D eigenvalue weighted by molar-refractivity contribution is -0.137. The first-order valence-electron chi connectivity index (χ1n) is 8.59. The fourth-order valence-corrected chi connectivity index (χ4v) is 2.87. The van der Waals surface area contributed by atoms with Gasteiger partial charge in [0.2, 0.25) is 0 Å². The summed E-state index contributed by atoms with van der Waals surface area (Å²) in [5.74, 6) is 1.81. The first-order valence-corrected chi connectivity index (χ1v) is 9.92. The number of rotatable bonds is 9. The highest BCUT2D eigenvalue weighted by molar-refractivity contribution is 9.10. The molecular formula is C21H22BrClO3. The van der Waals surface area contributed by atoms with Gasteiger partial charge in [0, 0.05) is 16.4 Å². The van der Waals surface area contributed by atoms with Crippen molar-refractivity contribution in [1.29, 1.82) is 0 Å². The second-order valence-corrected chi connectivity index (χ2v) is 6.94. The monoisotopic (exact) mass is 436 g/mol. The molecule has 3 nitrogen and oxygen atoms in total. The summed E-state index contributed by atoms with van der Waals surface area (Å²) < 4.78 is 11.9. The van der Waals surface area contributed by atoms with Gasteiger partial charge in [0.15, 0.2) is 0 Å². The number of esters is 1. The molecule has 0 heterocycles. The summed E-state index contributed by atoms with van der Waals surface area (Å²) in [6.07, 6.45) is 4.18. The molecule has 0 amide bonds. The molecule has 2 rings (SSSR count). The molecule has 0 saturated carbocycles. The minimum atomic E-state index is -0.316. The van der Waals surface area contributed by atoms with E-state index in [0.29, 0.717) is 12.5 Å². The van der Waals surface area contributed by atoms with Crippen LogP contribution in [0.4, 0.5) is 0 Å². The molecular weight excluding hydrogens is 416 g/mol. The molecule has 0 aliphatic rings. The fraction of sp³-hybridized carbons (Fsp3) is 0.286. The maximum atomic E-state index is 11.8. The zero-order valence-corrected chi connectivity index (χ0v) is 17.1. The van der Waals surface area contributed by atoms with Gasteiger partial charge >= 0.3 is 5.97 Å². The van der Waals surface area contributed by atoms with Crippen molar-refractivity contribution in [2.75, 3.05) is 12.5 Å². The van der Waals surface area contributed by atoms with E-state index in [1.165, 1.54) is 0 Å². The van der Waals surface area contributed by atoms with E-state index < -0.39 is 0 Å². The first-order chi connectivity index (χ1) is 12.6. The third kappa shape index (κ3) is 6.85. The Hall–Kier alpha value is -1.78. The Labute approximate surface area is 168 Å². The van der Waals surface area contributed by atoms with E-state index in [4.69, 9.17) is 21.1 Å². The van der Waals surface area contributed by atoms with Crippen molar-refractivity contribution in [2.45, 2.75) is 26.2 Å². The summed E-state index contributed by atoms with van der Waals surface area (Å²) >= 11 is 9.17. The molecule has 5 heteroatoms. The third-order valence-corrected chi connectivity index (χ3v) is 4.48. The number of hydrogen-bond donors (Lipinski definition) is 0. The van der Waals surface area contributed by atoms with E-state index in [9.17, 15) is 4.79 Å². The zero-order valence-electron chi connectivity index (χ0n) is 14.7. The van der Waals surface area contributed by atoms with Crippen LogP contribution in [0.15, 0.2) is 59.1 Å². The molecule has 0 atom stereocenters. The van der Waals surface area contributed by atoms with Crippen molar-refractivity contribution in [3.8, 4) is 11.5 Å². The molecule has 0 fully saturated rings. The first kappa shape index (κ1) is 20.5. The molecule has 138 valence electrons. The lowest BCUT2D eigenvalue weighted by Gasteiger charge is -2.10. The SMILES string of the molecule is CCOC(=O)C=C(CCCCCl)c1ccc(Oc2ccc(Br)cc2)cc1. The van der Waals surface area contributed by atoms with Gasteiger partial charge in [-0.1, -0.05) is 28.1 Å². The van der Waals surface area contributed by atoms with Crippen LogP contribution >= 0.6 is 27.5 Å². The molecule has 0 saturated heterocycles.